The molecule has 28 heavy (non-hydrogen) atoms. The minimum atomic E-state index is -0.0630. The summed E-state index contributed by atoms with van der Waals surface area (Å²) in [6, 6.07) is 5.55. The van der Waals surface area contributed by atoms with Gasteiger partial charge in [0, 0.05) is 38.4 Å². The summed E-state index contributed by atoms with van der Waals surface area (Å²) >= 11 is 6.30. The number of hydrogen-bond acceptors (Lipinski definition) is 4. The van der Waals surface area contributed by atoms with Crippen LogP contribution in [0.25, 0.3) is 0 Å². The summed E-state index contributed by atoms with van der Waals surface area (Å²) in [5.74, 6) is 0.806. The Morgan fingerprint density at radius 3 is 2.64 bits per heavy atom. The van der Waals surface area contributed by atoms with Crippen molar-refractivity contribution in [2.75, 3.05) is 38.0 Å². The molecule has 0 saturated heterocycles. The first kappa shape index (κ1) is 23.0. The molecule has 0 unspecified atom stereocenters. The molecule has 3 rings (SSSR count). The zero-order valence-corrected chi connectivity index (χ0v) is 17.6. The van der Waals surface area contributed by atoms with Gasteiger partial charge in [0.25, 0.3) is 5.91 Å². The monoisotopic (exact) mass is 406 g/mol. The van der Waals surface area contributed by atoms with Gasteiger partial charge in [0.2, 0.25) is 0 Å². The van der Waals surface area contributed by atoms with Gasteiger partial charge in [-0.3, -0.25) is 4.79 Å². The van der Waals surface area contributed by atoms with Crippen LogP contribution in [0.4, 0.5) is 5.69 Å². The van der Waals surface area contributed by atoms with E-state index in [0.717, 1.165) is 37.8 Å². The number of amides is 1. The molecule has 2 saturated carbocycles. The van der Waals surface area contributed by atoms with Gasteiger partial charge in [-0.05, 0) is 48.8 Å². The first-order valence-corrected chi connectivity index (χ1v) is 10.7. The van der Waals surface area contributed by atoms with Crippen LogP contribution in [0.15, 0.2) is 18.2 Å². The van der Waals surface area contributed by atoms with Crippen molar-refractivity contribution in [3.63, 3.8) is 0 Å². The lowest BCUT2D eigenvalue weighted by atomic mass is 9.62. The van der Waals surface area contributed by atoms with Crippen molar-refractivity contribution < 1.29 is 4.79 Å². The summed E-state index contributed by atoms with van der Waals surface area (Å²) in [7, 11) is 0. The lowest BCUT2D eigenvalue weighted by Crippen LogP contribution is -2.43. The fourth-order valence-corrected chi connectivity index (χ4v) is 4.97. The Balaban J connectivity index is 0.00000280. The van der Waals surface area contributed by atoms with Gasteiger partial charge in [-0.2, -0.15) is 0 Å². The summed E-state index contributed by atoms with van der Waals surface area (Å²) in [6.07, 6.45) is 9.12. The van der Waals surface area contributed by atoms with Gasteiger partial charge in [-0.1, -0.05) is 44.7 Å². The van der Waals surface area contributed by atoms with Crippen molar-refractivity contribution in [3.05, 3.63) is 36.2 Å². The van der Waals surface area contributed by atoms with Crippen LogP contribution in [0.5, 0.6) is 0 Å². The minimum absolute atomic E-state index is 0. The van der Waals surface area contributed by atoms with Crippen molar-refractivity contribution in [2.45, 2.75) is 44.9 Å². The molecular weight excluding hydrogens is 372 g/mol. The third-order valence-corrected chi connectivity index (χ3v) is 6.48. The Kier molecular flexibility index (Phi) is 9.06. The van der Waals surface area contributed by atoms with Gasteiger partial charge < -0.3 is 21.7 Å². The van der Waals surface area contributed by atoms with Gasteiger partial charge in [0.05, 0.1) is 10.6 Å². The van der Waals surface area contributed by atoms with Crippen LogP contribution >= 0.6 is 11.6 Å². The molecule has 2 bridgehead atoms. The molecule has 2 radical (unpaired) electrons. The second-order valence-electron chi connectivity index (χ2n) is 8.20. The molecule has 2 aliphatic carbocycles. The van der Waals surface area contributed by atoms with Crippen molar-refractivity contribution in [1.82, 2.24) is 10.6 Å². The fraction of sp³-hybridized carbons (Fsp3) is 0.636. The average Bonchev–Trinajstić information content (AvgIpc) is 2.67. The average molecular weight is 407 g/mol. The van der Waals surface area contributed by atoms with Crippen LogP contribution in [-0.2, 0) is 0 Å². The van der Waals surface area contributed by atoms with Gasteiger partial charge in [0.1, 0.15) is 0 Å². The Morgan fingerprint density at radius 1 is 1.18 bits per heavy atom. The number of rotatable bonds is 9. The van der Waals surface area contributed by atoms with Crippen molar-refractivity contribution in [1.29, 1.82) is 0 Å². The van der Waals surface area contributed by atoms with Crippen LogP contribution < -0.4 is 21.7 Å². The molecule has 5 nitrogen and oxygen atoms in total. The Bertz CT molecular complexity index is 627. The normalized spacial score (nSPS) is 23.6. The van der Waals surface area contributed by atoms with E-state index in [1.807, 2.05) is 12.1 Å². The summed E-state index contributed by atoms with van der Waals surface area (Å²) in [5, 5.41) is 10.3. The molecule has 6 heteroatoms. The summed E-state index contributed by atoms with van der Waals surface area (Å²) < 4.78 is 0. The largest absolute Gasteiger partial charge is 0.384 e. The van der Waals surface area contributed by atoms with Gasteiger partial charge in [0.15, 0.2) is 0 Å². The first-order valence-electron chi connectivity index (χ1n) is 10.3. The third-order valence-electron chi connectivity index (χ3n) is 6.15. The second-order valence-corrected chi connectivity index (χ2v) is 8.60. The number of benzene rings is 1. The topological polar surface area (TPSA) is 79.2 Å². The highest BCUT2D eigenvalue weighted by molar-refractivity contribution is 6.34. The first-order chi connectivity index (χ1) is 13.1. The predicted molar refractivity (Wildman–Crippen MR) is 118 cm³/mol. The Morgan fingerprint density at radius 2 is 1.93 bits per heavy atom. The number of nitrogens with two attached hydrogens (primary N) is 1. The Hall–Kier alpha value is -1.30. The number of anilines is 1. The molecule has 0 aromatic heterocycles. The highest BCUT2D eigenvalue weighted by Gasteiger charge is 2.39. The fourth-order valence-electron chi connectivity index (χ4n) is 4.76. The summed E-state index contributed by atoms with van der Waals surface area (Å²) in [6.45, 7) is 3.81. The number of hydrogen-bond donors (Lipinski definition) is 4. The van der Waals surface area contributed by atoms with Crippen LogP contribution in [0.1, 0.15) is 55.3 Å². The molecule has 5 N–H and O–H groups in total. The van der Waals surface area contributed by atoms with Crippen molar-refractivity contribution in [2.24, 2.45) is 17.1 Å². The highest BCUT2D eigenvalue weighted by atomic mass is 35.5. The maximum Gasteiger partial charge on any atom is 0.252 e. The maximum atomic E-state index is 12.8. The number of carbonyl (C=O) groups is 1. The molecule has 0 aliphatic heterocycles. The summed E-state index contributed by atoms with van der Waals surface area (Å²) in [5.41, 5.74) is 7.24. The van der Waals surface area contributed by atoms with E-state index in [4.69, 9.17) is 17.3 Å². The molecule has 1 aromatic carbocycles. The van der Waals surface area contributed by atoms with Crippen molar-refractivity contribution in [3.8, 4) is 0 Å². The standard InChI is InChI=1S/C21H33ClN4O.CH2/c22-19-6-5-17(25-12-11-24-10-9-23)13-18(19)20(27)26-15-21-7-1-3-16(14-21)4-2-8-21;/h5-6,13,16,24-25H,1-4,7-12,14-15,23H2,(H,26,27);1H2. The molecule has 1 amide bonds. The van der Waals surface area contributed by atoms with E-state index in [2.05, 4.69) is 16.0 Å². The Labute approximate surface area is 175 Å². The predicted octanol–water partition coefficient (Wildman–Crippen LogP) is 3.72. The van der Waals surface area contributed by atoms with E-state index in [-0.39, 0.29) is 13.3 Å². The minimum Gasteiger partial charge on any atom is -0.384 e. The molecule has 156 valence electrons. The molecule has 0 spiro atoms. The molecule has 0 atom stereocenters. The quantitative estimate of drug-likeness (QED) is 0.471. The number of halogens is 1. The highest BCUT2D eigenvalue weighted by Crippen LogP contribution is 2.48. The molecule has 1 aromatic rings. The summed E-state index contributed by atoms with van der Waals surface area (Å²) in [4.78, 5) is 12.8. The van der Waals surface area contributed by atoms with Gasteiger partial charge >= 0.3 is 0 Å². The number of carbonyl (C=O) groups excluding carboxylic acids is 1. The van der Waals surface area contributed by atoms with Crippen LogP contribution in [-0.4, -0.2) is 38.6 Å². The zero-order chi connectivity index (χ0) is 19.1. The third kappa shape index (κ3) is 6.10. The number of fused-ring (bicyclic) bond motifs is 2. The maximum absolute atomic E-state index is 12.8. The lowest BCUT2D eigenvalue weighted by Gasteiger charge is -2.45. The van der Waals surface area contributed by atoms with Crippen molar-refractivity contribution >= 4 is 23.2 Å². The van der Waals surface area contributed by atoms with Crippen LogP contribution in [0, 0.1) is 18.8 Å². The van der Waals surface area contributed by atoms with E-state index < -0.39 is 0 Å². The second kappa shape index (κ2) is 11.0. The smallest absolute Gasteiger partial charge is 0.252 e. The van der Waals surface area contributed by atoms with Gasteiger partial charge in [-0.25, -0.2) is 0 Å². The molecule has 0 heterocycles. The SMILES string of the molecule is NCCNCCNc1ccc(Cl)c(C(=O)NCC23CCCC(CCC2)C3)c1.[CH2]. The van der Waals surface area contributed by atoms with Crippen LogP contribution in [0.2, 0.25) is 5.02 Å². The van der Waals surface area contributed by atoms with Gasteiger partial charge in [-0.15, -0.1) is 0 Å². The molecular formula is C22H35ClN4O. The van der Waals surface area contributed by atoms with E-state index >= 15 is 0 Å². The van der Waals surface area contributed by atoms with E-state index in [9.17, 15) is 4.79 Å². The molecule has 2 fully saturated rings. The van der Waals surface area contributed by atoms with E-state index in [0.29, 0.717) is 22.5 Å². The van der Waals surface area contributed by atoms with E-state index in [1.54, 1.807) is 6.07 Å². The zero-order valence-electron chi connectivity index (χ0n) is 16.9. The molecule has 2 aliphatic rings. The lowest BCUT2D eigenvalue weighted by molar-refractivity contribution is 0.0682. The number of nitrogens with one attached hydrogen (secondary N) is 3. The van der Waals surface area contributed by atoms with Crippen LogP contribution in [0.3, 0.4) is 0 Å². The van der Waals surface area contributed by atoms with E-state index in [1.165, 1.54) is 44.9 Å².